The molecular weight excluding hydrogens is 574 g/mol. The first-order chi connectivity index (χ1) is 21.8. The van der Waals surface area contributed by atoms with E-state index in [0.29, 0.717) is 44.4 Å². The van der Waals surface area contributed by atoms with Crippen LogP contribution < -0.4 is 9.64 Å². The minimum absolute atomic E-state index is 0.0376. The van der Waals surface area contributed by atoms with Crippen molar-refractivity contribution in [1.29, 1.82) is 0 Å². The predicted octanol–water partition coefficient (Wildman–Crippen LogP) is 5.33. The van der Waals surface area contributed by atoms with Crippen molar-refractivity contribution in [2.45, 2.75) is 55.8 Å². The Morgan fingerprint density at radius 3 is 2.91 bits per heavy atom. The number of carbonyl (C=O) groups is 1. The van der Waals surface area contributed by atoms with Crippen molar-refractivity contribution in [2.75, 3.05) is 50.8 Å². The van der Waals surface area contributed by atoms with Gasteiger partial charge in [0.1, 0.15) is 24.6 Å². The van der Waals surface area contributed by atoms with Crippen molar-refractivity contribution >= 4 is 22.6 Å². The van der Waals surface area contributed by atoms with Crippen LogP contribution in [0.1, 0.15) is 42.7 Å². The van der Waals surface area contributed by atoms with Gasteiger partial charge in [-0.15, -0.1) is 0 Å². The molecule has 0 spiro atoms. The second-order valence-electron chi connectivity index (χ2n) is 13.4. The predicted molar refractivity (Wildman–Crippen MR) is 168 cm³/mol. The van der Waals surface area contributed by atoms with E-state index < -0.39 is 23.9 Å². The van der Waals surface area contributed by atoms with Crippen molar-refractivity contribution in [3.8, 4) is 17.1 Å². The molecule has 0 unspecified atom stereocenters. The maximum absolute atomic E-state index is 14.5. The van der Waals surface area contributed by atoms with Crippen LogP contribution in [0.15, 0.2) is 48.8 Å². The number of anilines is 1. The van der Waals surface area contributed by atoms with Gasteiger partial charge in [-0.1, -0.05) is 30.8 Å². The summed E-state index contributed by atoms with van der Waals surface area (Å²) < 4.78 is 34.7. The molecule has 0 bridgehead atoms. The SMILES string of the molecule is [C-]#[N+]C[C@H]1CN(c2nc(OC[C@@]34CCCN3C[C@H](F)C4)nc3cc(-c4cccc5c4C[C@H]4C[C@@H]54)ccc23)CCN1C(=O)C(=C)F. The molecule has 2 aliphatic carbocycles. The molecule has 4 heterocycles. The van der Waals surface area contributed by atoms with Crippen LogP contribution in [0, 0.1) is 12.5 Å². The van der Waals surface area contributed by atoms with Crippen LogP contribution in [0.25, 0.3) is 26.9 Å². The zero-order chi connectivity index (χ0) is 30.9. The van der Waals surface area contributed by atoms with E-state index >= 15 is 0 Å². The highest BCUT2D eigenvalue weighted by Gasteiger charge is 2.49. The summed E-state index contributed by atoms with van der Waals surface area (Å²) >= 11 is 0. The third-order valence-corrected chi connectivity index (χ3v) is 10.8. The molecule has 1 amide bonds. The highest BCUT2D eigenvalue weighted by atomic mass is 19.1. The Labute approximate surface area is 261 Å². The van der Waals surface area contributed by atoms with Crippen LogP contribution in [0.4, 0.5) is 14.6 Å². The van der Waals surface area contributed by atoms with E-state index in [2.05, 4.69) is 46.7 Å². The van der Waals surface area contributed by atoms with Crippen molar-refractivity contribution in [3.63, 3.8) is 0 Å². The van der Waals surface area contributed by atoms with Gasteiger partial charge in [0.2, 0.25) is 6.54 Å². The second-order valence-corrected chi connectivity index (χ2v) is 13.4. The number of amides is 1. The average molecular weight is 611 g/mol. The van der Waals surface area contributed by atoms with E-state index in [9.17, 15) is 13.6 Å². The number of aromatic nitrogens is 2. The van der Waals surface area contributed by atoms with Crippen LogP contribution in [-0.2, 0) is 11.2 Å². The summed E-state index contributed by atoms with van der Waals surface area (Å²) in [6, 6.07) is 12.6. The van der Waals surface area contributed by atoms with Crippen LogP contribution in [-0.4, -0.2) is 89.3 Å². The lowest BCUT2D eigenvalue weighted by Gasteiger charge is -2.39. The minimum Gasteiger partial charge on any atom is -0.461 e. The zero-order valence-electron chi connectivity index (χ0n) is 25.2. The normalized spacial score (nSPS) is 28.5. The first-order valence-electron chi connectivity index (χ1n) is 16.0. The fraction of sp³-hybridized carbons (Fsp3) is 0.486. The van der Waals surface area contributed by atoms with Gasteiger partial charge in [0, 0.05) is 38.0 Å². The standard InChI is InChI=1S/C35H36F2N6O2/c1-21(36)33(44)43-12-11-41(19-25(43)17-38-2)32-28-8-7-22(26-5-3-6-27-29-13-23(29)14-30(26)27)15-31(28)39-34(40-32)45-20-35-9-4-10-42(35)18-24(37)16-35/h3,5-8,15,23-25,29H,1,4,9-14,16-20H2/t23-,24-,25+,29-,35+/m1/s1. The number of nitrogens with zero attached hydrogens (tertiary/aromatic N) is 6. The topological polar surface area (TPSA) is 66.2 Å². The Hall–Kier alpha value is -4.10. The zero-order valence-corrected chi connectivity index (χ0v) is 25.2. The van der Waals surface area contributed by atoms with Crippen molar-refractivity contribution < 1.29 is 18.3 Å². The maximum atomic E-state index is 14.5. The van der Waals surface area contributed by atoms with Crippen LogP contribution in [0.3, 0.4) is 0 Å². The maximum Gasteiger partial charge on any atom is 0.319 e. The molecule has 10 heteroatoms. The van der Waals surface area contributed by atoms with E-state index in [1.807, 2.05) is 11.0 Å². The fourth-order valence-corrected chi connectivity index (χ4v) is 8.51. The molecule has 45 heavy (non-hydrogen) atoms. The number of benzene rings is 2. The molecule has 0 radical (unpaired) electrons. The van der Waals surface area contributed by atoms with Crippen molar-refractivity contribution in [1.82, 2.24) is 19.8 Å². The van der Waals surface area contributed by atoms with Crippen LogP contribution in [0.2, 0.25) is 0 Å². The third kappa shape index (κ3) is 4.83. The van der Waals surface area contributed by atoms with Crippen molar-refractivity contribution in [3.05, 3.63) is 71.3 Å². The summed E-state index contributed by atoms with van der Waals surface area (Å²) in [5.41, 5.74) is 5.63. The second kappa shape index (κ2) is 10.8. The number of hydrogen-bond donors (Lipinski definition) is 0. The van der Waals surface area contributed by atoms with Gasteiger partial charge in [-0.2, -0.15) is 9.97 Å². The molecule has 4 fully saturated rings. The number of fused-ring (bicyclic) bond motifs is 5. The van der Waals surface area contributed by atoms with E-state index in [1.165, 1.54) is 28.0 Å². The molecule has 232 valence electrons. The van der Waals surface area contributed by atoms with Gasteiger partial charge >= 0.3 is 6.01 Å². The Morgan fingerprint density at radius 2 is 2.07 bits per heavy atom. The molecule has 5 atom stereocenters. The summed E-state index contributed by atoms with van der Waals surface area (Å²) in [5.74, 6) is 0.319. The first kappa shape index (κ1) is 28.4. The smallest absolute Gasteiger partial charge is 0.319 e. The lowest BCUT2D eigenvalue weighted by Crippen LogP contribution is -2.56. The molecule has 8 nitrogen and oxygen atoms in total. The molecular formula is C35H36F2N6O2. The van der Waals surface area contributed by atoms with Crippen molar-refractivity contribution in [2.24, 2.45) is 5.92 Å². The minimum atomic E-state index is -1.03. The summed E-state index contributed by atoms with van der Waals surface area (Å²) in [7, 11) is 0. The largest absolute Gasteiger partial charge is 0.461 e. The summed E-state index contributed by atoms with van der Waals surface area (Å²) in [6.07, 6.45) is 3.90. The van der Waals surface area contributed by atoms with Gasteiger partial charge in [0.15, 0.2) is 5.83 Å². The van der Waals surface area contributed by atoms with Gasteiger partial charge < -0.3 is 19.4 Å². The number of rotatable bonds is 7. The summed E-state index contributed by atoms with van der Waals surface area (Å²) in [6.45, 7) is 13.3. The Morgan fingerprint density at radius 1 is 1.18 bits per heavy atom. The average Bonchev–Trinajstić information content (AvgIpc) is 3.38. The van der Waals surface area contributed by atoms with E-state index in [4.69, 9.17) is 21.3 Å². The lowest BCUT2D eigenvalue weighted by atomic mass is 9.94. The molecule has 0 N–H and O–H groups in total. The third-order valence-electron chi connectivity index (χ3n) is 10.8. The fourth-order valence-electron chi connectivity index (χ4n) is 8.51. The molecule has 1 aromatic heterocycles. The Bertz CT molecular complexity index is 1760. The summed E-state index contributed by atoms with van der Waals surface area (Å²) in [5, 5.41) is 0.836. The highest BCUT2D eigenvalue weighted by molar-refractivity contribution is 5.94. The molecule has 3 aliphatic heterocycles. The molecule has 8 rings (SSSR count). The molecule has 1 saturated carbocycles. The number of halogens is 2. The van der Waals surface area contributed by atoms with E-state index in [-0.39, 0.29) is 24.6 Å². The number of hydrogen-bond acceptors (Lipinski definition) is 6. The first-order valence-corrected chi connectivity index (χ1v) is 16.0. The van der Waals surface area contributed by atoms with Gasteiger partial charge in [0.25, 0.3) is 5.91 Å². The summed E-state index contributed by atoms with van der Waals surface area (Å²) in [4.78, 5) is 31.5. The number of piperazine rings is 1. The Balaban J connectivity index is 1.17. The molecule has 3 saturated heterocycles. The number of alkyl halides is 1. The quantitative estimate of drug-likeness (QED) is 0.266. The highest BCUT2D eigenvalue weighted by Crippen LogP contribution is 2.57. The number of carbonyl (C=O) groups excluding carboxylic acids is 1. The van der Waals surface area contributed by atoms with Gasteiger partial charge in [0.05, 0.1) is 11.1 Å². The Kier molecular flexibility index (Phi) is 6.79. The monoisotopic (exact) mass is 610 g/mol. The van der Waals surface area contributed by atoms with Crippen LogP contribution in [0.5, 0.6) is 6.01 Å². The number of ether oxygens (including phenoxy) is 1. The van der Waals surface area contributed by atoms with Gasteiger partial charge in [-0.25, -0.2) is 15.4 Å². The van der Waals surface area contributed by atoms with Gasteiger partial charge in [-0.05, 0) is 78.5 Å². The molecule has 5 aliphatic rings. The van der Waals surface area contributed by atoms with Crippen LogP contribution >= 0.6 is 0 Å². The molecule has 2 aromatic carbocycles. The van der Waals surface area contributed by atoms with E-state index in [0.717, 1.165) is 48.2 Å². The van der Waals surface area contributed by atoms with E-state index in [1.54, 1.807) is 0 Å². The molecule has 3 aromatic rings. The lowest BCUT2D eigenvalue weighted by molar-refractivity contribution is -0.131. The van der Waals surface area contributed by atoms with Gasteiger partial charge in [-0.3, -0.25) is 9.69 Å².